The summed E-state index contributed by atoms with van der Waals surface area (Å²) in [5.41, 5.74) is 0. The lowest BCUT2D eigenvalue weighted by molar-refractivity contribution is -0.157. The van der Waals surface area contributed by atoms with Gasteiger partial charge in [-0.1, -0.05) is 40.5 Å². The van der Waals surface area contributed by atoms with E-state index in [2.05, 4.69) is 78.6 Å². The van der Waals surface area contributed by atoms with Gasteiger partial charge in [0, 0.05) is 32.1 Å². The monoisotopic (exact) mass is 1290 g/mol. The summed E-state index contributed by atoms with van der Waals surface area (Å²) in [5, 5.41) is 34.7. The lowest BCUT2D eigenvalue weighted by atomic mass is 10.3. The van der Waals surface area contributed by atoms with Crippen LogP contribution in [0, 0.1) is 0 Å². The van der Waals surface area contributed by atoms with Crippen LogP contribution in [0.5, 0.6) is 0 Å². The maximum absolute atomic E-state index is 11.3. The maximum Gasteiger partial charge on any atom is 0.425 e. The number of rotatable bonds is 26. The Morgan fingerprint density at radius 3 is 1.17 bits per heavy atom. The second-order valence-corrected chi connectivity index (χ2v) is 18.8. The zero-order valence-electron chi connectivity index (χ0n) is 44.5. The van der Waals surface area contributed by atoms with Crippen molar-refractivity contribution in [3.05, 3.63) is 38.0 Å². The van der Waals surface area contributed by atoms with E-state index in [9.17, 15) is 87.6 Å². The van der Waals surface area contributed by atoms with Gasteiger partial charge in [-0.25, -0.2) is 14.4 Å². The number of aliphatic carboxylic acids is 4. The van der Waals surface area contributed by atoms with Crippen molar-refractivity contribution in [2.45, 2.75) is 82.5 Å². The van der Waals surface area contributed by atoms with E-state index >= 15 is 0 Å². The van der Waals surface area contributed by atoms with Crippen molar-refractivity contribution in [2.24, 2.45) is 0 Å². The number of carbonyl (C=O) groups is 13. The van der Waals surface area contributed by atoms with Crippen LogP contribution >= 0.6 is 0 Å². The van der Waals surface area contributed by atoms with E-state index < -0.39 is 160 Å². The van der Waals surface area contributed by atoms with E-state index in [0.717, 1.165) is 18.2 Å². The van der Waals surface area contributed by atoms with Gasteiger partial charge in [0.25, 0.3) is 30.4 Å². The first-order valence-corrected chi connectivity index (χ1v) is 27.4. The first-order chi connectivity index (χ1) is 37.9. The van der Waals surface area contributed by atoms with Gasteiger partial charge < -0.3 is 63.6 Å². The molecule has 0 radical (unpaired) electrons. The number of carbonyl (C=O) groups excluding carboxylic acids is 9. The third-order valence-electron chi connectivity index (χ3n) is 7.34. The van der Waals surface area contributed by atoms with Gasteiger partial charge in [0.2, 0.25) is 0 Å². The highest BCUT2D eigenvalue weighted by molar-refractivity contribution is 7.87. The molecule has 0 saturated carbocycles. The Balaban J connectivity index is -0.000000165. The number of nitrogens with zero attached hydrogens (tertiary/aromatic N) is 1. The van der Waals surface area contributed by atoms with Gasteiger partial charge in [-0.2, -0.15) is 25.3 Å². The molecule has 1 saturated heterocycles. The molecular formula is C41H63NO37S4. The first kappa shape index (κ1) is 88.8. The van der Waals surface area contributed by atoms with Crippen LogP contribution < -0.4 is 0 Å². The van der Waals surface area contributed by atoms with Crippen LogP contribution in [0.2, 0.25) is 0 Å². The minimum Gasteiger partial charge on any atom is -0.481 e. The fourth-order valence-electron chi connectivity index (χ4n) is 3.78. The number of carboxylic acids is 4. The van der Waals surface area contributed by atoms with Gasteiger partial charge in [0.1, 0.15) is 33.0 Å². The number of cyclic esters (lactones) is 2. The molecule has 0 aromatic carbocycles. The van der Waals surface area contributed by atoms with E-state index in [1.165, 1.54) is 33.5 Å². The summed E-state index contributed by atoms with van der Waals surface area (Å²) in [6, 6.07) is 0. The molecule has 0 aromatic rings. The van der Waals surface area contributed by atoms with Crippen molar-refractivity contribution in [3.8, 4) is 0 Å². The van der Waals surface area contributed by atoms with Crippen LogP contribution in [0.15, 0.2) is 38.0 Å². The van der Waals surface area contributed by atoms with E-state index in [-0.39, 0.29) is 45.9 Å². The topological polar surface area (TPSA) is 605 Å². The molecule has 38 nitrogen and oxygen atoms in total. The highest BCUT2D eigenvalue weighted by Gasteiger charge is 2.42. The molecule has 1 fully saturated rings. The van der Waals surface area contributed by atoms with Crippen molar-refractivity contribution in [1.29, 1.82) is 0 Å². The van der Waals surface area contributed by atoms with Gasteiger partial charge in [-0.05, 0) is 19.6 Å². The normalized spacial score (nSPS) is 12.4. The molecule has 1 aliphatic heterocycles. The van der Waals surface area contributed by atoms with Gasteiger partial charge in [0.15, 0.2) is 15.7 Å². The molecule has 478 valence electrons. The molecule has 0 aliphatic carbocycles. The zero-order valence-corrected chi connectivity index (χ0v) is 47.7. The predicted octanol–water partition coefficient (Wildman–Crippen LogP) is -3.22. The zero-order chi connectivity index (χ0) is 66.9. The Bertz CT molecular complexity index is 2600. The summed E-state index contributed by atoms with van der Waals surface area (Å²) in [7, 11) is -17.3. The molecular weight excluding hydrogens is 1230 g/mol. The largest absolute Gasteiger partial charge is 0.481 e. The molecule has 42 heteroatoms. The van der Waals surface area contributed by atoms with Crippen LogP contribution in [-0.4, -0.2) is 235 Å². The average Bonchev–Trinajstić information content (AvgIpc) is 3.71. The summed E-state index contributed by atoms with van der Waals surface area (Å²) in [4.78, 5) is 136. The predicted molar refractivity (Wildman–Crippen MR) is 269 cm³/mol. The van der Waals surface area contributed by atoms with Crippen molar-refractivity contribution in [1.82, 2.24) is 4.90 Å². The van der Waals surface area contributed by atoms with Gasteiger partial charge in [0.05, 0.1) is 38.7 Å². The highest BCUT2D eigenvalue weighted by Crippen LogP contribution is 2.15. The molecule has 3 unspecified atom stereocenters. The number of hydrogen-bond acceptors (Lipinski definition) is 31. The number of aliphatic hydroxyl groups is 1. The van der Waals surface area contributed by atoms with Crippen LogP contribution in [0.4, 0.5) is 0 Å². The quantitative estimate of drug-likeness (QED) is 0.0105. The molecule has 8 N–H and O–H groups in total. The highest BCUT2D eigenvalue weighted by atomic mass is 32.2. The van der Waals surface area contributed by atoms with Gasteiger partial charge in [-0.15, -0.1) is 12.6 Å². The summed E-state index contributed by atoms with van der Waals surface area (Å²) in [5.74, 6) is -13.4. The summed E-state index contributed by atoms with van der Waals surface area (Å²) in [6.45, 7) is 20.8. The molecule has 1 rings (SSSR count). The average molecular weight is 1290 g/mol. The van der Waals surface area contributed by atoms with Gasteiger partial charge in [-0.3, -0.25) is 61.6 Å². The number of hydrogen-bond donors (Lipinski definition) is 8. The van der Waals surface area contributed by atoms with Crippen LogP contribution in [0.25, 0.3) is 0 Å². The summed E-state index contributed by atoms with van der Waals surface area (Å²) >= 11 is 0. The van der Waals surface area contributed by atoms with Crippen molar-refractivity contribution in [3.63, 3.8) is 0 Å². The fraction of sp³-hybridized carbons (Fsp3) is 0.537. The number of ether oxygens (including phenoxy) is 7. The van der Waals surface area contributed by atoms with Crippen LogP contribution in [0.1, 0.15) is 66.7 Å². The molecule has 0 amide bonds. The lowest BCUT2D eigenvalue weighted by Crippen LogP contribution is -2.34. The first-order valence-electron chi connectivity index (χ1n) is 21.9. The SMILES string of the molecule is C=CC(=O)OCCO.C=CC(=O)OCCOC(=O)C(CC(=O)O)S(=O)(=O)O.C=CC(=O)OCCOC(=O)CCC(=O)O.CC(=O)OC(C)=O.CCN(CC)CC.O=C(O)CC(C(=O)O)S(=O)(=O)O.O=C1CC(S(=O)(=O)O)C(=O)O1.O=S(=O)=O. The smallest absolute Gasteiger partial charge is 0.425 e. The van der Waals surface area contributed by atoms with E-state index in [1.807, 2.05) is 0 Å². The molecule has 1 aliphatic rings. The van der Waals surface area contributed by atoms with Crippen molar-refractivity contribution < 1.29 is 173 Å². The Morgan fingerprint density at radius 1 is 0.602 bits per heavy atom. The number of carboxylic acid groups (broad SMARTS) is 4. The second kappa shape index (κ2) is 50.9. The Morgan fingerprint density at radius 2 is 0.952 bits per heavy atom. The molecule has 83 heavy (non-hydrogen) atoms. The number of aliphatic hydroxyl groups excluding tert-OH is 1. The van der Waals surface area contributed by atoms with Crippen LogP contribution in [-0.2, 0) is 136 Å². The minimum absolute atomic E-state index is 0.0465. The fourth-order valence-corrected chi connectivity index (χ4v) is 5.69. The molecule has 0 aromatic heterocycles. The Labute approximate surface area is 474 Å². The lowest BCUT2D eigenvalue weighted by Gasteiger charge is -2.13. The van der Waals surface area contributed by atoms with Gasteiger partial charge >= 0.3 is 88.2 Å². The Hall–Kier alpha value is -8.00. The van der Waals surface area contributed by atoms with Crippen molar-refractivity contribution >= 4 is 119 Å². The van der Waals surface area contributed by atoms with E-state index in [1.54, 1.807) is 0 Å². The summed E-state index contributed by atoms with van der Waals surface area (Å²) < 4.78 is 143. The summed E-state index contributed by atoms with van der Waals surface area (Å²) in [6.07, 6.45) is -0.443. The molecule has 1 heterocycles. The minimum atomic E-state index is -4.90. The Kier molecular flexibility index (Phi) is 54.5. The molecule has 0 bridgehead atoms. The standard InChI is InChI=1S/C9H12O9S.C9H12O6.C6H15N.C5H8O3.C4H6O7S.C4H4O6S.C4H6O3.O3S/c1-2-8(12)17-3-4-18-9(13)6(5-7(10)11)19(14,15)16;1-2-8(12)14-5-6-15-9(13)4-3-7(10)11;1-4-7(5-2)6-3;1-2-5(7)8-4-3-6;5-3(6)1-2(4(7)8)12(9,10)11;5-3-1-2(4(6)10-3)11(7,8)9;1-3(5)7-4(2)6;1-4(2)3/h2,6H,1,3-5H2,(H,10,11)(H,14,15,16);2H,1,3-6H2,(H,10,11);4-6H2,1-3H3;2,6H,1,3-4H2;2H,1H2,(H,5,6)(H,7,8)(H,9,10,11);2H,1H2,(H,7,8,9);1-2H3;. The van der Waals surface area contributed by atoms with E-state index in [0.29, 0.717) is 0 Å². The third kappa shape index (κ3) is 64.7. The second-order valence-electron chi connectivity index (χ2n) is 13.6. The molecule has 0 spiro atoms. The van der Waals surface area contributed by atoms with Crippen LogP contribution in [0.3, 0.4) is 0 Å². The molecule has 3 atom stereocenters. The van der Waals surface area contributed by atoms with Crippen molar-refractivity contribution in [2.75, 3.05) is 59.3 Å². The third-order valence-corrected chi connectivity index (χ3v) is 10.6. The van der Waals surface area contributed by atoms with E-state index in [4.69, 9.17) is 51.8 Å². The maximum atomic E-state index is 11.3. The number of esters is 9.